The maximum Gasteiger partial charge on any atom is 0.362 e. The molecule has 4 heteroatoms. The SMILES string of the molecule is CCCCCCC(O)C[N+](C)(C)C(C)C(=O)O. The van der Waals surface area contributed by atoms with E-state index in [-0.39, 0.29) is 0 Å². The molecule has 0 spiro atoms. The van der Waals surface area contributed by atoms with Crippen molar-refractivity contribution in [3.8, 4) is 0 Å². The fourth-order valence-corrected chi connectivity index (χ4v) is 1.90. The van der Waals surface area contributed by atoms with Crippen molar-refractivity contribution < 1.29 is 19.5 Å². The van der Waals surface area contributed by atoms with Gasteiger partial charge < -0.3 is 14.7 Å². The number of hydrogen-bond acceptors (Lipinski definition) is 2. The molecule has 2 atom stereocenters. The minimum absolute atomic E-state index is 0.324. The van der Waals surface area contributed by atoms with Crippen LogP contribution < -0.4 is 0 Å². The first-order valence-electron chi connectivity index (χ1n) is 6.54. The van der Waals surface area contributed by atoms with Crippen molar-refractivity contribution in [3.63, 3.8) is 0 Å². The monoisotopic (exact) mass is 246 g/mol. The number of aliphatic hydroxyl groups excluding tert-OH is 1. The van der Waals surface area contributed by atoms with Crippen molar-refractivity contribution >= 4 is 5.97 Å². The molecule has 0 fully saturated rings. The van der Waals surface area contributed by atoms with E-state index in [4.69, 9.17) is 5.11 Å². The van der Waals surface area contributed by atoms with E-state index in [1.54, 1.807) is 6.92 Å². The van der Waals surface area contributed by atoms with Gasteiger partial charge in [-0.15, -0.1) is 0 Å². The predicted molar refractivity (Wildman–Crippen MR) is 68.8 cm³/mol. The van der Waals surface area contributed by atoms with Gasteiger partial charge in [-0.1, -0.05) is 32.6 Å². The molecule has 0 aromatic carbocycles. The fraction of sp³-hybridized carbons (Fsp3) is 0.923. The molecule has 4 nitrogen and oxygen atoms in total. The Morgan fingerprint density at radius 2 is 1.82 bits per heavy atom. The lowest BCUT2D eigenvalue weighted by Crippen LogP contribution is -2.54. The van der Waals surface area contributed by atoms with Gasteiger partial charge in [0.1, 0.15) is 12.6 Å². The number of carboxylic acid groups (broad SMARTS) is 1. The molecule has 2 unspecified atom stereocenters. The molecule has 2 N–H and O–H groups in total. The zero-order chi connectivity index (χ0) is 13.5. The minimum Gasteiger partial charge on any atom is -0.477 e. The molecule has 0 saturated heterocycles. The van der Waals surface area contributed by atoms with E-state index < -0.39 is 18.1 Å². The van der Waals surface area contributed by atoms with Gasteiger partial charge in [0.25, 0.3) is 0 Å². The first kappa shape index (κ1) is 16.4. The molecule has 0 heterocycles. The van der Waals surface area contributed by atoms with Gasteiger partial charge in [0, 0.05) is 0 Å². The third-order valence-electron chi connectivity index (χ3n) is 3.48. The van der Waals surface area contributed by atoms with Crippen LogP contribution in [-0.2, 0) is 4.79 Å². The van der Waals surface area contributed by atoms with Crippen molar-refractivity contribution in [2.75, 3.05) is 20.6 Å². The molecule has 0 aliphatic rings. The predicted octanol–water partition coefficient (Wildman–Crippen LogP) is 1.87. The van der Waals surface area contributed by atoms with Gasteiger partial charge in [0.2, 0.25) is 0 Å². The summed E-state index contributed by atoms with van der Waals surface area (Å²) in [6, 6.07) is -0.486. The highest BCUT2D eigenvalue weighted by molar-refractivity contribution is 5.71. The lowest BCUT2D eigenvalue weighted by Gasteiger charge is -2.35. The fourth-order valence-electron chi connectivity index (χ4n) is 1.90. The molecular weight excluding hydrogens is 218 g/mol. The highest BCUT2D eigenvalue weighted by atomic mass is 16.4. The van der Waals surface area contributed by atoms with Gasteiger partial charge in [-0.25, -0.2) is 4.79 Å². The summed E-state index contributed by atoms with van der Waals surface area (Å²) in [7, 11) is 3.71. The van der Waals surface area contributed by atoms with Crippen molar-refractivity contribution in [3.05, 3.63) is 0 Å². The van der Waals surface area contributed by atoms with Gasteiger partial charge in [-0.3, -0.25) is 0 Å². The zero-order valence-corrected chi connectivity index (χ0v) is 11.6. The number of carboxylic acids is 1. The number of nitrogens with zero attached hydrogens (tertiary/aromatic N) is 1. The van der Waals surface area contributed by atoms with Crippen LogP contribution >= 0.6 is 0 Å². The molecule has 0 amide bonds. The molecule has 0 saturated carbocycles. The van der Waals surface area contributed by atoms with Crippen LogP contribution in [0.4, 0.5) is 0 Å². The third-order valence-corrected chi connectivity index (χ3v) is 3.48. The maximum absolute atomic E-state index is 10.9. The van der Waals surface area contributed by atoms with Crippen LogP contribution in [0.3, 0.4) is 0 Å². The lowest BCUT2D eigenvalue weighted by molar-refractivity contribution is -0.907. The Balaban J connectivity index is 4.00. The van der Waals surface area contributed by atoms with Gasteiger partial charge in [0.15, 0.2) is 6.04 Å². The molecule has 0 rings (SSSR count). The second-order valence-corrected chi connectivity index (χ2v) is 5.48. The lowest BCUT2D eigenvalue weighted by atomic mass is 10.1. The van der Waals surface area contributed by atoms with E-state index in [2.05, 4.69) is 6.92 Å². The van der Waals surface area contributed by atoms with Crippen molar-refractivity contribution in [2.45, 2.75) is 58.1 Å². The Kier molecular flexibility index (Phi) is 7.39. The molecule has 0 aromatic rings. The standard InChI is InChI=1S/C13H27NO3/c1-5-6-7-8-9-12(15)10-14(3,4)11(2)13(16)17/h11-12,15H,5-10H2,1-4H3/p+1. The van der Waals surface area contributed by atoms with Gasteiger partial charge in [-0.05, 0) is 13.3 Å². The maximum atomic E-state index is 10.9. The van der Waals surface area contributed by atoms with Crippen molar-refractivity contribution in [1.82, 2.24) is 0 Å². The number of aliphatic carboxylic acids is 1. The van der Waals surface area contributed by atoms with Gasteiger partial charge >= 0.3 is 5.97 Å². The van der Waals surface area contributed by atoms with E-state index in [0.29, 0.717) is 11.0 Å². The zero-order valence-electron chi connectivity index (χ0n) is 11.6. The summed E-state index contributed by atoms with van der Waals surface area (Å²) in [6.45, 7) is 4.34. The number of unbranched alkanes of at least 4 members (excludes halogenated alkanes) is 3. The van der Waals surface area contributed by atoms with Crippen LogP contribution in [0.15, 0.2) is 0 Å². The number of likely N-dealkylation sites (N-methyl/N-ethyl adjacent to an activating group) is 1. The Morgan fingerprint density at radius 1 is 1.24 bits per heavy atom. The topological polar surface area (TPSA) is 57.5 Å². The van der Waals surface area contributed by atoms with E-state index in [1.165, 1.54) is 12.8 Å². The molecule has 0 radical (unpaired) electrons. The van der Waals surface area contributed by atoms with E-state index in [9.17, 15) is 9.90 Å². The Hall–Kier alpha value is -0.610. The number of carbonyl (C=O) groups is 1. The number of hydrogen-bond donors (Lipinski definition) is 2. The molecule has 0 aliphatic carbocycles. The molecule has 17 heavy (non-hydrogen) atoms. The van der Waals surface area contributed by atoms with E-state index in [0.717, 1.165) is 19.3 Å². The summed E-state index contributed by atoms with van der Waals surface area (Å²) in [5.41, 5.74) is 0. The van der Waals surface area contributed by atoms with Crippen LogP contribution in [0.25, 0.3) is 0 Å². The summed E-state index contributed by atoms with van der Waals surface area (Å²) in [6.07, 6.45) is 4.94. The molecule has 0 aromatic heterocycles. The smallest absolute Gasteiger partial charge is 0.362 e. The molecule has 0 aliphatic heterocycles. The van der Waals surface area contributed by atoms with Crippen LogP contribution in [-0.4, -0.2) is 53.5 Å². The highest BCUT2D eigenvalue weighted by Gasteiger charge is 2.32. The average Bonchev–Trinajstić information content (AvgIpc) is 2.22. The Morgan fingerprint density at radius 3 is 2.29 bits per heavy atom. The summed E-state index contributed by atoms with van der Waals surface area (Å²) < 4.78 is 0.324. The van der Waals surface area contributed by atoms with Crippen LogP contribution in [0, 0.1) is 0 Å². The number of quaternary nitrogens is 1. The summed E-state index contributed by atoms with van der Waals surface area (Å²) >= 11 is 0. The van der Waals surface area contributed by atoms with Gasteiger partial charge in [-0.2, -0.15) is 0 Å². The van der Waals surface area contributed by atoms with Gasteiger partial charge in [0.05, 0.1) is 14.1 Å². The highest BCUT2D eigenvalue weighted by Crippen LogP contribution is 2.12. The molecule has 102 valence electrons. The Labute approximate surface area is 105 Å². The summed E-state index contributed by atoms with van der Waals surface area (Å²) in [5, 5.41) is 18.9. The number of aliphatic hydroxyl groups is 1. The third kappa shape index (κ3) is 6.64. The largest absolute Gasteiger partial charge is 0.477 e. The van der Waals surface area contributed by atoms with E-state index >= 15 is 0 Å². The Bertz CT molecular complexity index is 229. The minimum atomic E-state index is -0.812. The quantitative estimate of drug-likeness (QED) is 0.482. The first-order chi connectivity index (χ1) is 7.81. The van der Waals surface area contributed by atoms with Crippen LogP contribution in [0.2, 0.25) is 0 Å². The average molecular weight is 246 g/mol. The number of rotatable bonds is 9. The van der Waals surface area contributed by atoms with E-state index in [1.807, 2.05) is 14.1 Å². The van der Waals surface area contributed by atoms with Crippen LogP contribution in [0.5, 0.6) is 0 Å². The second-order valence-electron chi connectivity index (χ2n) is 5.48. The normalized spacial score (nSPS) is 15.6. The second kappa shape index (κ2) is 7.67. The van der Waals surface area contributed by atoms with Crippen molar-refractivity contribution in [2.24, 2.45) is 0 Å². The summed E-state index contributed by atoms with van der Waals surface area (Å²) in [5.74, 6) is -0.812. The van der Waals surface area contributed by atoms with Crippen LogP contribution in [0.1, 0.15) is 46.0 Å². The first-order valence-corrected chi connectivity index (χ1v) is 6.54. The summed E-state index contributed by atoms with van der Waals surface area (Å²) in [4.78, 5) is 10.9. The molecular formula is C13H28NO3+. The van der Waals surface area contributed by atoms with Crippen molar-refractivity contribution in [1.29, 1.82) is 0 Å². The molecule has 0 bridgehead atoms.